The SMILES string of the molecule is CCC(C)CN(C)C(=O)C1CC1. The minimum absolute atomic E-state index is 0.357. The zero-order valence-corrected chi connectivity index (χ0v) is 8.34. The molecule has 1 amide bonds. The maximum absolute atomic E-state index is 11.5. The summed E-state index contributed by atoms with van der Waals surface area (Å²) in [6, 6.07) is 0. The highest BCUT2D eigenvalue weighted by atomic mass is 16.2. The molecular formula is C10H19NO. The second kappa shape index (κ2) is 3.92. The number of carbonyl (C=O) groups is 1. The molecular weight excluding hydrogens is 150 g/mol. The largest absolute Gasteiger partial charge is 0.345 e. The zero-order chi connectivity index (χ0) is 9.14. The van der Waals surface area contributed by atoms with Crippen LogP contribution in [0.3, 0.4) is 0 Å². The Labute approximate surface area is 74.9 Å². The van der Waals surface area contributed by atoms with Crippen molar-refractivity contribution in [3.05, 3.63) is 0 Å². The van der Waals surface area contributed by atoms with Crippen LogP contribution in [0.25, 0.3) is 0 Å². The fourth-order valence-electron chi connectivity index (χ4n) is 1.33. The van der Waals surface area contributed by atoms with E-state index < -0.39 is 0 Å². The fraction of sp³-hybridized carbons (Fsp3) is 0.900. The molecule has 0 heterocycles. The third-order valence-electron chi connectivity index (χ3n) is 2.59. The molecule has 12 heavy (non-hydrogen) atoms. The van der Waals surface area contributed by atoms with E-state index in [-0.39, 0.29) is 0 Å². The molecule has 0 aromatic heterocycles. The summed E-state index contributed by atoms with van der Waals surface area (Å²) in [5.74, 6) is 1.37. The molecule has 1 rings (SSSR count). The van der Waals surface area contributed by atoms with Gasteiger partial charge in [-0.2, -0.15) is 0 Å². The lowest BCUT2D eigenvalue weighted by molar-refractivity contribution is -0.131. The average molecular weight is 169 g/mol. The topological polar surface area (TPSA) is 20.3 Å². The van der Waals surface area contributed by atoms with E-state index in [9.17, 15) is 4.79 Å². The van der Waals surface area contributed by atoms with Crippen molar-refractivity contribution in [1.29, 1.82) is 0 Å². The summed E-state index contributed by atoms with van der Waals surface area (Å²) in [6.07, 6.45) is 3.38. The molecule has 0 aromatic rings. The Kier molecular flexibility index (Phi) is 3.12. The summed E-state index contributed by atoms with van der Waals surface area (Å²) < 4.78 is 0. The molecule has 0 aromatic carbocycles. The van der Waals surface area contributed by atoms with Gasteiger partial charge in [-0.05, 0) is 18.8 Å². The monoisotopic (exact) mass is 169 g/mol. The third-order valence-corrected chi connectivity index (χ3v) is 2.59. The summed E-state index contributed by atoms with van der Waals surface area (Å²) in [5.41, 5.74) is 0. The van der Waals surface area contributed by atoms with Gasteiger partial charge in [0.05, 0.1) is 0 Å². The molecule has 0 spiro atoms. The van der Waals surface area contributed by atoms with Crippen LogP contribution in [0.5, 0.6) is 0 Å². The number of amides is 1. The highest BCUT2D eigenvalue weighted by Gasteiger charge is 2.32. The first-order chi connectivity index (χ1) is 5.65. The molecule has 1 atom stereocenters. The van der Waals surface area contributed by atoms with Crippen molar-refractivity contribution >= 4 is 5.91 Å². The summed E-state index contributed by atoms with van der Waals surface area (Å²) >= 11 is 0. The van der Waals surface area contributed by atoms with Gasteiger partial charge in [0.15, 0.2) is 0 Å². The number of rotatable bonds is 4. The quantitative estimate of drug-likeness (QED) is 0.629. The van der Waals surface area contributed by atoms with Gasteiger partial charge in [-0.15, -0.1) is 0 Å². The van der Waals surface area contributed by atoms with Gasteiger partial charge in [-0.1, -0.05) is 20.3 Å². The van der Waals surface area contributed by atoms with E-state index in [0.29, 0.717) is 17.7 Å². The lowest BCUT2D eigenvalue weighted by atomic mass is 10.1. The Bertz CT molecular complexity index is 163. The van der Waals surface area contributed by atoms with Crippen molar-refractivity contribution in [2.24, 2.45) is 11.8 Å². The van der Waals surface area contributed by atoms with Crippen LogP contribution in [-0.4, -0.2) is 24.4 Å². The van der Waals surface area contributed by atoms with Crippen molar-refractivity contribution in [1.82, 2.24) is 4.90 Å². The van der Waals surface area contributed by atoms with Crippen LogP contribution in [0.15, 0.2) is 0 Å². The Hall–Kier alpha value is -0.530. The van der Waals surface area contributed by atoms with E-state index in [2.05, 4.69) is 13.8 Å². The van der Waals surface area contributed by atoms with Crippen LogP contribution < -0.4 is 0 Å². The molecule has 1 unspecified atom stereocenters. The molecule has 1 saturated carbocycles. The van der Waals surface area contributed by atoms with Crippen molar-refractivity contribution in [2.75, 3.05) is 13.6 Å². The van der Waals surface area contributed by atoms with Gasteiger partial charge in [-0.3, -0.25) is 4.79 Å². The summed E-state index contributed by atoms with van der Waals surface area (Å²) in [5, 5.41) is 0. The summed E-state index contributed by atoms with van der Waals surface area (Å²) in [7, 11) is 1.92. The Morgan fingerprint density at radius 1 is 1.58 bits per heavy atom. The molecule has 0 radical (unpaired) electrons. The smallest absolute Gasteiger partial charge is 0.225 e. The predicted octanol–water partition coefficient (Wildman–Crippen LogP) is 1.90. The highest BCUT2D eigenvalue weighted by molar-refractivity contribution is 5.80. The molecule has 0 aliphatic heterocycles. The van der Waals surface area contributed by atoms with Gasteiger partial charge < -0.3 is 4.90 Å². The minimum atomic E-state index is 0.357. The number of hydrogen-bond acceptors (Lipinski definition) is 1. The van der Waals surface area contributed by atoms with Crippen LogP contribution >= 0.6 is 0 Å². The van der Waals surface area contributed by atoms with E-state index in [1.54, 1.807) is 0 Å². The van der Waals surface area contributed by atoms with Crippen molar-refractivity contribution in [2.45, 2.75) is 33.1 Å². The Morgan fingerprint density at radius 2 is 2.17 bits per heavy atom. The van der Waals surface area contributed by atoms with Gasteiger partial charge in [0.1, 0.15) is 0 Å². The third kappa shape index (κ3) is 2.50. The van der Waals surface area contributed by atoms with Crippen molar-refractivity contribution in [3.63, 3.8) is 0 Å². The average Bonchev–Trinajstić information content (AvgIpc) is 2.85. The van der Waals surface area contributed by atoms with Crippen LogP contribution in [0, 0.1) is 11.8 Å². The van der Waals surface area contributed by atoms with Gasteiger partial charge in [-0.25, -0.2) is 0 Å². The first kappa shape index (κ1) is 9.56. The van der Waals surface area contributed by atoms with Crippen molar-refractivity contribution in [3.8, 4) is 0 Å². The molecule has 1 fully saturated rings. The number of hydrogen-bond donors (Lipinski definition) is 0. The molecule has 2 heteroatoms. The molecule has 0 saturated heterocycles. The molecule has 1 aliphatic carbocycles. The van der Waals surface area contributed by atoms with Crippen LogP contribution in [-0.2, 0) is 4.79 Å². The first-order valence-corrected chi connectivity index (χ1v) is 4.90. The zero-order valence-electron chi connectivity index (χ0n) is 8.34. The molecule has 1 aliphatic rings. The lowest BCUT2D eigenvalue weighted by Crippen LogP contribution is -2.31. The normalized spacial score (nSPS) is 18.9. The van der Waals surface area contributed by atoms with Crippen molar-refractivity contribution < 1.29 is 4.79 Å². The first-order valence-electron chi connectivity index (χ1n) is 4.90. The minimum Gasteiger partial charge on any atom is -0.345 e. The molecule has 70 valence electrons. The second-order valence-electron chi connectivity index (χ2n) is 4.01. The van der Waals surface area contributed by atoms with Gasteiger partial charge in [0.2, 0.25) is 5.91 Å². The van der Waals surface area contributed by atoms with Crippen LogP contribution in [0.4, 0.5) is 0 Å². The van der Waals surface area contributed by atoms with E-state index in [4.69, 9.17) is 0 Å². The van der Waals surface area contributed by atoms with Gasteiger partial charge in [0, 0.05) is 19.5 Å². The van der Waals surface area contributed by atoms with E-state index in [1.807, 2.05) is 11.9 Å². The van der Waals surface area contributed by atoms with E-state index in [0.717, 1.165) is 25.8 Å². The molecule has 2 nitrogen and oxygen atoms in total. The summed E-state index contributed by atoms with van der Waals surface area (Å²) in [4.78, 5) is 13.4. The maximum atomic E-state index is 11.5. The molecule has 0 bridgehead atoms. The lowest BCUT2D eigenvalue weighted by Gasteiger charge is -2.20. The van der Waals surface area contributed by atoms with Gasteiger partial charge in [0.25, 0.3) is 0 Å². The molecule has 0 N–H and O–H groups in total. The number of carbonyl (C=O) groups excluding carboxylic acids is 1. The Balaban J connectivity index is 2.26. The van der Waals surface area contributed by atoms with E-state index >= 15 is 0 Å². The number of nitrogens with zero attached hydrogens (tertiary/aromatic N) is 1. The van der Waals surface area contributed by atoms with Gasteiger partial charge >= 0.3 is 0 Å². The summed E-state index contributed by atoms with van der Waals surface area (Å²) in [6.45, 7) is 5.28. The second-order valence-corrected chi connectivity index (χ2v) is 4.01. The van der Waals surface area contributed by atoms with Crippen LogP contribution in [0.2, 0.25) is 0 Å². The fourth-order valence-corrected chi connectivity index (χ4v) is 1.33. The maximum Gasteiger partial charge on any atom is 0.225 e. The standard InChI is InChI=1S/C10H19NO/c1-4-8(2)7-11(3)10(12)9-5-6-9/h8-9H,4-7H2,1-3H3. The highest BCUT2D eigenvalue weighted by Crippen LogP contribution is 2.30. The van der Waals surface area contributed by atoms with Crippen LogP contribution in [0.1, 0.15) is 33.1 Å². The van der Waals surface area contributed by atoms with E-state index in [1.165, 1.54) is 0 Å². The predicted molar refractivity (Wildman–Crippen MR) is 49.8 cm³/mol. The Morgan fingerprint density at radius 3 is 2.58 bits per heavy atom.